The molecule has 1 amide bonds. The second kappa shape index (κ2) is 11.2. The van der Waals surface area contributed by atoms with Gasteiger partial charge in [-0.05, 0) is 50.7 Å². The quantitative estimate of drug-likeness (QED) is 0.307. The molecular formula is C24H32N4O2S2. The van der Waals surface area contributed by atoms with Crippen molar-refractivity contribution >= 4 is 46.1 Å². The first-order valence-corrected chi connectivity index (χ1v) is 12.8. The van der Waals surface area contributed by atoms with Gasteiger partial charge >= 0.3 is 0 Å². The zero-order valence-corrected chi connectivity index (χ0v) is 20.9. The Bertz CT molecular complexity index is 1020. The van der Waals surface area contributed by atoms with Crippen molar-refractivity contribution in [3.8, 4) is 6.07 Å². The second-order valence-electron chi connectivity index (χ2n) is 8.39. The van der Waals surface area contributed by atoms with E-state index in [2.05, 4.69) is 17.9 Å². The molecule has 2 fully saturated rings. The minimum atomic E-state index is -0.239. The van der Waals surface area contributed by atoms with E-state index in [-0.39, 0.29) is 17.0 Å². The lowest BCUT2D eigenvalue weighted by Crippen LogP contribution is -2.37. The first-order chi connectivity index (χ1) is 15.4. The highest BCUT2D eigenvalue weighted by molar-refractivity contribution is 8.26. The number of thiocarbonyl (C=S) groups is 1. The first kappa shape index (κ1) is 24.5. The summed E-state index contributed by atoms with van der Waals surface area (Å²) in [5.74, 6) is 0.760. The molecule has 3 heterocycles. The van der Waals surface area contributed by atoms with Crippen LogP contribution in [0.15, 0.2) is 9.70 Å². The van der Waals surface area contributed by atoms with Crippen molar-refractivity contribution < 1.29 is 4.79 Å². The summed E-state index contributed by atoms with van der Waals surface area (Å²) in [5, 5.41) is 9.74. The highest BCUT2D eigenvalue weighted by Crippen LogP contribution is 2.36. The van der Waals surface area contributed by atoms with E-state index in [0.717, 1.165) is 63.0 Å². The highest BCUT2D eigenvalue weighted by atomic mass is 32.2. The van der Waals surface area contributed by atoms with Crippen LogP contribution >= 0.6 is 24.0 Å². The van der Waals surface area contributed by atoms with Gasteiger partial charge in [0.25, 0.3) is 11.5 Å². The largest absolute Gasteiger partial charge is 0.357 e. The lowest BCUT2D eigenvalue weighted by molar-refractivity contribution is -0.122. The molecule has 1 aromatic rings. The molecule has 172 valence electrons. The van der Waals surface area contributed by atoms with E-state index in [1.54, 1.807) is 9.47 Å². The minimum Gasteiger partial charge on any atom is -0.357 e. The van der Waals surface area contributed by atoms with Crippen LogP contribution in [0, 0.1) is 18.3 Å². The standard InChI is InChI=1S/C24H32N4O2S2/c1-4-6-8-14-28-23(30)20(32-24(28)31)15-18-17(3)19(16-25)22(29)27(11-5-2)21(18)26-12-9-7-10-13-26/h15H,4-14H2,1-3H3/b20-15-. The third-order valence-corrected chi connectivity index (χ3v) is 7.46. The third-order valence-electron chi connectivity index (χ3n) is 6.08. The number of rotatable bonds is 8. The average Bonchev–Trinajstić information content (AvgIpc) is 3.05. The highest BCUT2D eigenvalue weighted by Gasteiger charge is 2.33. The molecule has 6 nitrogen and oxygen atoms in total. The molecule has 32 heavy (non-hydrogen) atoms. The molecule has 8 heteroatoms. The van der Waals surface area contributed by atoms with Crippen molar-refractivity contribution in [3.05, 3.63) is 31.9 Å². The molecule has 0 aliphatic carbocycles. The molecule has 0 saturated carbocycles. The number of anilines is 1. The van der Waals surface area contributed by atoms with E-state index < -0.39 is 0 Å². The summed E-state index contributed by atoms with van der Waals surface area (Å²) >= 11 is 6.81. The normalized spacial score (nSPS) is 18.0. The molecule has 0 spiro atoms. The summed E-state index contributed by atoms with van der Waals surface area (Å²) in [5.41, 5.74) is 1.35. The summed E-state index contributed by atoms with van der Waals surface area (Å²) in [7, 11) is 0. The summed E-state index contributed by atoms with van der Waals surface area (Å²) in [6.45, 7) is 8.88. The number of nitriles is 1. The van der Waals surface area contributed by atoms with Crippen LogP contribution in [0.5, 0.6) is 0 Å². The van der Waals surface area contributed by atoms with Gasteiger partial charge in [-0.25, -0.2) is 0 Å². The van der Waals surface area contributed by atoms with Crippen LogP contribution in [0.2, 0.25) is 0 Å². The van der Waals surface area contributed by atoms with E-state index in [0.29, 0.717) is 27.9 Å². The average molecular weight is 473 g/mol. The van der Waals surface area contributed by atoms with Gasteiger partial charge < -0.3 is 4.90 Å². The summed E-state index contributed by atoms with van der Waals surface area (Å²) in [4.78, 5) is 30.8. The molecule has 0 atom stereocenters. The number of unbranched alkanes of at least 4 members (excludes halogenated alkanes) is 2. The molecule has 0 aromatic carbocycles. The predicted molar refractivity (Wildman–Crippen MR) is 136 cm³/mol. The number of aromatic nitrogens is 1. The van der Waals surface area contributed by atoms with Gasteiger partial charge in [-0.2, -0.15) is 5.26 Å². The van der Waals surface area contributed by atoms with Crippen molar-refractivity contribution in [2.75, 3.05) is 24.5 Å². The van der Waals surface area contributed by atoms with Crippen molar-refractivity contribution in [1.29, 1.82) is 5.26 Å². The van der Waals surface area contributed by atoms with Gasteiger partial charge in [0.1, 0.15) is 21.8 Å². The fraction of sp³-hybridized carbons (Fsp3) is 0.583. The molecule has 0 bridgehead atoms. The molecule has 0 radical (unpaired) electrons. The molecule has 2 saturated heterocycles. The van der Waals surface area contributed by atoms with E-state index in [1.165, 1.54) is 18.2 Å². The van der Waals surface area contributed by atoms with Crippen LogP contribution in [-0.2, 0) is 11.3 Å². The SMILES string of the molecule is CCCCCN1C(=O)/C(=C/c2c(C)c(C#N)c(=O)n(CCC)c2N2CCCCC2)SC1=S. The number of hydrogen-bond acceptors (Lipinski definition) is 6. The molecule has 3 rings (SSSR count). The van der Waals surface area contributed by atoms with Crippen LogP contribution in [0.4, 0.5) is 5.82 Å². The van der Waals surface area contributed by atoms with Gasteiger partial charge in [0.05, 0.1) is 4.91 Å². The molecule has 1 aromatic heterocycles. The van der Waals surface area contributed by atoms with Crippen LogP contribution in [0.1, 0.15) is 75.5 Å². The Morgan fingerprint density at radius 3 is 2.44 bits per heavy atom. The Labute approximate surface area is 200 Å². The first-order valence-electron chi connectivity index (χ1n) is 11.6. The van der Waals surface area contributed by atoms with E-state index >= 15 is 0 Å². The van der Waals surface area contributed by atoms with Crippen LogP contribution < -0.4 is 10.5 Å². The van der Waals surface area contributed by atoms with Gasteiger partial charge in [-0.3, -0.25) is 19.1 Å². The van der Waals surface area contributed by atoms with Crippen molar-refractivity contribution in [2.45, 2.75) is 72.3 Å². The van der Waals surface area contributed by atoms with Gasteiger partial charge in [0.15, 0.2) is 0 Å². The van der Waals surface area contributed by atoms with Crippen LogP contribution in [-0.4, -0.2) is 39.3 Å². The lowest BCUT2D eigenvalue weighted by atomic mass is 10.0. The number of amides is 1. The van der Waals surface area contributed by atoms with Gasteiger partial charge in [-0.15, -0.1) is 0 Å². The number of nitrogens with zero attached hydrogens (tertiary/aromatic N) is 4. The maximum Gasteiger partial charge on any atom is 0.270 e. The Hall–Kier alpha value is -2.11. The summed E-state index contributed by atoms with van der Waals surface area (Å²) in [6.07, 6.45) is 9.03. The van der Waals surface area contributed by atoms with Crippen LogP contribution in [0.3, 0.4) is 0 Å². The Balaban J connectivity index is 2.13. The summed E-state index contributed by atoms with van der Waals surface area (Å²) < 4.78 is 2.32. The monoisotopic (exact) mass is 472 g/mol. The third kappa shape index (κ3) is 4.94. The smallest absolute Gasteiger partial charge is 0.270 e. The predicted octanol–water partition coefficient (Wildman–Crippen LogP) is 4.82. The zero-order valence-electron chi connectivity index (χ0n) is 19.3. The molecule has 0 unspecified atom stereocenters. The number of carbonyl (C=O) groups is 1. The lowest BCUT2D eigenvalue weighted by Gasteiger charge is -2.33. The zero-order chi connectivity index (χ0) is 23.3. The number of carbonyl (C=O) groups excluding carboxylic acids is 1. The van der Waals surface area contributed by atoms with Gasteiger partial charge in [0.2, 0.25) is 0 Å². The van der Waals surface area contributed by atoms with E-state index in [1.807, 2.05) is 19.9 Å². The van der Waals surface area contributed by atoms with E-state index in [4.69, 9.17) is 12.2 Å². The fourth-order valence-corrected chi connectivity index (χ4v) is 5.66. The Morgan fingerprint density at radius 1 is 1.09 bits per heavy atom. The Morgan fingerprint density at radius 2 is 1.81 bits per heavy atom. The van der Waals surface area contributed by atoms with E-state index in [9.17, 15) is 14.9 Å². The maximum atomic E-state index is 13.2. The van der Waals surface area contributed by atoms with Gasteiger partial charge in [0, 0.05) is 31.7 Å². The van der Waals surface area contributed by atoms with Crippen molar-refractivity contribution in [1.82, 2.24) is 9.47 Å². The molecule has 0 N–H and O–H groups in total. The summed E-state index contributed by atoms with van der Waals surface area (Å²) in [6, 6.07) is 2.11. The number of pyridine rings is 1. The van der Waals surface area contributed by atoms with Crippen LogP contribution in [0.25, 0.3) is 6.08 Å². The van der Waals surface area contributed by atoms with Gasteiger partial charge in [-0.1, -0.05) is 50.7 Å². The molecule has 2 aliphatic rings. The second-order valence-corrected chi connectivity index (χ2v) is 10.1. The fourth-order valence-electron chi connectivity index (χ4n) is 4.37. The minimum absolute atomic E-state index is 0.0770. The number of thioether (sulfide) groups is 1. The Kier molecular flexibility index (Phi) is 8.55. The number of hydrogen-bond donors (Lipinski definition) is 0. The molecular weight excluding hydrogens is 440 g/mol. The van der Waals surface area contributed by atoms with Crippen molar-refractivity contribution in [2.24, 2.45) is 0 Å². The number of piperidine rings is 1. The maximum absolute atomic E-state index is 13.2. The molecule has 2 aliphatic heterocycles. The van der Waals surface area contributed by atoms with Crippen molar-refractivity contribution in [3.63, 3.8) is 0 Å². The topological polar surface area (TPSA) is 69.3 Å².